The molecule has 7 heteroatoms. The Morgan fingerprint density at radius 2 is 0.949 bits per heavy atom. The van der Waals surface area contributed by atoms with E-state index in [1.54, 1.807) is 14.1 Å². The first-order valence-corrected chi connectivity index (χ1v) is 21.1. The van der Waals surface area contributed by atoms with Gasteiger partial charge in [-0.3, -0.25) is 9.59 Å². The van der Waals surface area contributed by atoms with Crippen LogP contribution in [0.25, 0.3) is 0 Å². The molecule has 1 atom stereocenters. The molecule has 5 rings (SSSR count). The van der Waals surface area contributed by atoms with Gasteiger partial charge in [0.1, 0.15) is 17.2 Å². The van der Waals surface area contributed by atoms with Crippen molar-refractivity contribution < 1.29 is 29.6 Å². The van der Waals surface area contributed by atoms with E-state index in [1.165, 1.54) is 4.90 Å². The average molecular weight is 804 g/mol. The smallest absolute Gasteiger partial charge is 0.307 e. The lowest BCUT2D eigenvalue weighted by molar-refractivity contribution is -0.136. The fourth-order valence-corrected chi connectivity index (χ4v) is 8.09. The van der Waals surface area contributed by atoms with Gasteiger partial charge in [0.25, 0.3) is 0 Å². The lowest BCUT2D eigenvalue weighted by Gasteiger charge is -2.31. The number of hydrogen-bond acceptors (Lipinski definition) is 5. The van der Waals surface area contributed by atoms with E-state index >= 15 is 0 Å². The molecule has 0 spiro atoms. The summed E-state index contributed by atoms with van der Waals surface area (Å²) in [5.74, 6) is -1.47. The summed E-state index contributed by atoms with van der Waals surface area (Å²) in [6, 6.07) is 16.5. The minimum atomic E-state index is -1.04. The van der Waals surface area contributed by atoms with Gasteiger partial charge >= 0.3 is 5.97 Å². The van der Waals surface area contributed by atoms with Crippen molar-refractivity contribution in [3.63, 3.8) is 0 Å². The number of carboxylic acid groups (broad SMARTS) is 1. The van der Waals surface area contributed by atoms with Crippen molar-refractivity contribution in [2.45, 2.75) is 156 Å². The van der Waals surface area contributed by atoms with Crippen LogP contribution in [-0.2, 0) is 56.9 Å². The van der Waals surface area contributed by atoms with E-state index in [0.717, 1.165) is 44.5 Å². The third-order valence-electron chi connectivity index (χ3n) is 11.7. The summed E-state index contributed by atoms with van der Waals surface area (Å²) >= 11 is 0. The maximum atomic E-state index is 14.9. The molecule has 1 amide bonds. The molecule has 1 aliphatic carbocycles. The Morgan fingerprint density at radius 1 is 0.593 bits per heavy atom. The maximum Gasteiger partial charge on any atom is 0.307 e. The molecule has 7 nitrogen and oxygen atoms in total. The monoisotopic (exact) mass is 804 g/mol. The Kier molecular flexibility index (Phi) is 12.3. The Morgan fingerprint density at radius 3 is 1.34 bits per heavy atom. The molecule has 0 radical (unpaired) electrons. The summed E-state index contributed by atoms with van der Waals surface area (Å²) in [5, 5.41) is 35.7. The molecule has 0 fully saturated rings. The number of phenols is 2. The molecule has 0 saturated carbocycles. The van der Waals surface area contributed by atoms with Crippen molar-refractivity contribution in [2.75, 3.05) is 14.1 Å². The van der Waals surface area contributed by atoms with Gasteiger partial charge in [-0.1, -0.05) is 132 Å². The zero-order valence-electron chi connectivity index (χ0n) is 38.6. The largest absolute Gasteiger partial charge is 0.507 e. The van der Waals surface area contributed by atoms with Crippen molar-refractivity contribution in [2.24, 2.45) is 0 Å². The van der Waals surface area contributed by atoms with Crippen LogP contribution in [0.5, 0.6) is 17.2 Å². The van der Waals surface area contributed by atoms with Crippen LogP contribution in [-0.4, -0.2) is 52.3 Å². The average Bonchev–Trinajstić information content (AvgIpc) is 3.07. The Balaban J connectivity index is 2.09. The van der Waals surface area contributed by atoms with E-state index < -0.39 is 11.9 Å². The van der Waals surface area contributed by atoms with Gasteiger partial charge in [0.15, 0.2) is 0 Å². The number of aliphatic carboxylic acids is 1. The zero-order valence-corrected chi connectivity index (χ0v) is 38.6. The van der Waals surface area contributed by atoms with Gasteiger partial charge in [0, 0.05) is 38.9 Å². The van der Waals surface area contributed by atoms with Crippen LogP contribution < -0.4 is 4.74 Å². The van der Waals surface area contributed by atoms with Gasteiger partial charge in [-0.25, -0.2) is 0 Å². The second-order valence-corrected chi connectivity index (χ2v) is 21.5. The molecular formula is C52H69NO6. The van der Waals surface area contributed by atoms with E-state index in [4.69, 9.17) is 4.74 Å². The summed E-state index contributed by atoms with van der Waals surface area (Å²) < 4.78 is 6.75. The predicted octanol–water partition coefficient (Wildman–Crippen LogP) is 11.0. The molecule has 0 aromatic heterocycles. The molecule has 3 N–H and O–H groups in total. The highest BCUT2D eigenvalue weighted by molar-refractivity contribution is 5.89. The number of carbonyl (C=O) groups is 2. The topological polar surface area (TPSA) is 107 Å². The Bertz CT molecular complexity index is 2270. The highest BCUT2D eigenvalue weighted by Gasteiger charge is 2.35. The minimum absolute atomic E-state index is 0.00479. The van der Waals surface area contributed by atoms with E-state index in [9.17, 15) is 24.9 Å². The van der Waals surface area contributed by atoms with Gasteiger partial charge in [0.2, 0.25) is 5.91 Å². The zero-order chi connectivity index (χ0) is 44.3. The molecular weight excluding hydrogens is 735 g/mol. The third-order valence-corrected chi connectivity index (χ3v) is 11.7. The molecule has 0 heterocycles. The number of carbonyl (C=O) groups excluding carboxylic acids is 1. The van der Waals surface area contributed by atoms with E-state index in [1.807, 2.05) is 38.1 Å². The van der Waals surface area contributed by atoms with Crippen molar-refractivity contribution >= 4 is 11.9 Å². The maximum absolute atomic E-state index is 14.9. The van der Waals surface area contributed by atoms with Crippen LogP contribution in [0.3, 0.4) is 0 Å². The van der Waals surface area contributed by atoms with Crippen LogP contribution >= 0.6 is 0 Å². The lowest BCUT2D eigenvalue weighted by atomic mass is 9.75. The van der Waals surface area contributed by atoms with Crippen LogP contribution in [0, 0.1) is 0 Å². The molecule has 1 unspecified atom stereocenters. The van der Waals surface area contributed by atoms with Crippen LogP contribution in [0.2, 0.25) is 0 Å². The standard InChI is InChI=1S/C52H69NO6/c1-29(2)59-47-34-18-32-22-36(49(3,4)5)21-31(45(32)56)17-30-20-38(51(9,10)11)26-41(40(30)28-43(54)55)44(48(58)53(15)16)42-27-39(52(12,13)14)23-33(46(42)57)19-35(47)25-37(24-34)50(6,7)8/h20-27,29,44,56-57H,17-19,28H2,1-16H3,(H,54,55). The van der Waals surface area contributed by atoms with Gasteiger partial charge in [-0.2, -0.15) is 0 Å². The van der Waals surface area contributed by atoms with Gasteiger partial charge < -0.3 is 25.0 Å². The molecule has 0 aliphatic heterocycles. The van der Waals surface area contributed by atoms with Crippen LogP contribution in [0.15, 0.2) is 48.5 Å². The SMILES string of the molecule is CC(C)Oc1c2cc(C(C)(C)C)cc1Cc1cc(C(C)(C)C)cc(c1O)C(C(=O)N(C)C)c1cc(C(C)(C)C)cc(c1CC(=O)O)Cc1cc(C(C)(C)C)cc(c1O)C2. The summed E-state index contributed by atoms with van der Waals surface area (Å²) in [4.78, 5) is 29.3. The number of rotatable bonds is 5. The van der Waals surface area contributed by atoms with Gasteiger partial charge in [0.05, 0.1) is 18.4 Å². The Hall–Kier alpha value is -4.78. The summed E-state index contributed by atoms with van der Waals surface area (Å²) in [6.07, 6.45) is 0.411. The first-order chi connectivity index (χ1) is 27.0. The number of phenolic OH excluding ortho intramolecular Hbond substituents is 2. The minimum Gasteiger partial charge on any atom is -0.507 e. The fraction of sp³-hybridized carbons (Fsp3) is 0.500. The molecule has 318 valence electrons. The molecule has 1 aliphatic rings. The highest BCUT2D eigenvalue weighted by atomic mass is 16.5. The molecule has 4 aromatic carbocycles. The molecule has 59 heavy (non-hydrogen) atoms. The van der Waals surface area contributed by atoms with Crippen molar-refractivity contribution in [1.29, 1.82) is 0 Å². The predicted molar refractivity (Wildman–Crippen MR) is 240 cm³/mol. The van der Waals surface area contributed by atoms with E-state index in [0.29, 0.717) is 46.4 Å². The van der Waals surface area contributed by atoms with E-state index in [-0.39, 0.29) is 58.0 Å². The van der Waals surface area contributed by atoms with Crippen molar-refractivity contribution in [3.05, 3.63) is 121 Å². The first-order valence-electron chi connectivity index (χ1n) is 21.1. The van der Waals surface area contributed by atoms with Crippen molar-refractivity contribution in [1.82, 2.24) is 4.90 Å². The first kappa shape index (κ1) is 45.3. The fourth-order valence-electron chi connectivity index (χ4n) is 8.09. The number of hydrogen-bond donors (Lipinski definition) is 3. The summed E-state index contributed by atoms with van der Waals surface area (Å²) in [7, 11) is 3.40. The third kappa shape index (κ3) is 9.82. The quantitative estimate of drug-likeness (QED) is 0.185. The van der Waals surface area contributed by atoms with Crippen LogP contribution in [0.4, 0.5) is 0 Å². The number of aromatic hydroxyl groups is 2. The van der Waals surface area contributed by atoms with E-state index in [2.05, 4.69) is 107 Å². The highest BCUT2D eigenvalue weighted by Crippen LogP contribution is 2.46. The van der Waals surface area contributed by atoms with Gasteiger partial charge in [-0.05, 0) is 102 Å². The Labute approximate surface area is 353 Å². The normalized spacial score (nSPS) is 15.0. The lowest BCUT2D eigenvalue weighted by Crippen LogP contribution is -2.31. The number of amides is 1. The molecule has 8 bridgehead atoms. The summed E-state index contributed by atoms with van der Waals surface area (Å²) in [5.41, 5.74) is 8.84. The van der Waals surface area contributed by atoms with Gasteiger partial charge in [-0.15, -0.1) is 0 Å². The molecule has 0 saturated heterocycles. The number of likely N-dealkylation sites (N-methyl/N-ethyl adjacent to an activating group) is 1. The number of nitrogens with zero attached hydrogens (tertiary/aromatic N) is 1. The number of fused-ring (bicyclic) bond motifs is 8. The number of ether oxygens (including phenoxy) is 1. The van der Waals surface area contributed by atoms with Crippen LogP contribution in [0.1, 0.15) is 175 Å². The summed E-state index contributed by atoms with van der Waals surface area (Å²) in [6.45, 7) is 29.7. The van der Waals surface area contributed by atoms with Crippen molar-refractivity contribution in [3.8, 4) is 17.2 Å². The molecule has 4 aromatic rings. The second kappa shape index (κ2) is 16.0. The number of carboxylic acids is 1. The number of benzene rings is 4. The second-order valence-electron chi connectivity index (χ2n) is 21.5.